The van der Waals surface area contributed by atoms with Crippen LogP contribution in [0.2, 0.25) is 0 Å². The molecule has 1 amide bonds. The van der Waals surface area contributed by atoms with Gasteiger partial charge in [-0.2, -0.15) is 0 Å². The Morgan fingerprint density at radius 3 is 2.45 bits per heavy atom. The van der Waals surface area contributed by atoms with Crippen molar-refractivity contribution in [3.63, 3.8) is 0 Å². The van der Waals surface area contributed by atoms with Crippen LogP contribution >= 0.6 is 11.8 Å². The van der Waals surface area contributed by atoms with Crippen molar-refractivity contribution in [1.29, 1.82) is 0 Å². The first-order valence-corrected chi connectivity index (χ1v) is 10.4. The molecule has 2 heterocycles. The number of hydrogen-bond acceptors (Lipinski definition) is 7. The molecule has 1 N–H and O–H groups in total. The number of nitrogens with one attached hydrogen (secondary N) is 1. The molecule has 0 aromatic heterocycles. The molecule has 0 spiro atoms. The van der Waals surface area contributed by atoms with Gasteiger partial charge in [0.1, 0.15) is 0 Å². The summed E-state index contributed by atoms with van der Waals surface area (Å²) in [5, 5.41) is 13.9. The van der Waals surface area contributed by atoms with Gasteiger partial charge < -0.3 is 24.9 Å². The second-order valence-electron chi connectivity index (χ2n) is 6.89. The van der Waals surface area contributed by atoms with E-state index in [1.54, 1.807) is 24.3 Å². The van der Waals surface area contributed by atoms with Crippen molar-refractivity contribution in [3.8, 4) is 0 Å². The van der Waals surface area contributed by atoms with E-state index >= 15 is 0 Å². The molecule has 9 heteroatoms. The molecule has 2 aliphatic heterocycles. The van der Waals surface area contributed by atoms with Gasteiger partial charge in [-0.25, -0.2) is 4.99 Å². The third-order valence-corrected chi connectivity index (χ3v) is 5.64. The quantitative estimate of drug-likeness (QED) is 0.455. The number of ether oxygens (including phenoxy) is 1. The number of carbonyl (C=O) groups excluding carboxylic acids is 2. The Morgan fingerprint density at radius 1 is 1.13 bits per heavy atom. The van der Waals surface area contributed by atoms with Crippen LogP contribution in [0, 0.1) is 0 Å². The number of aliphatic imine (C=N–C) groups is 1. The fourth-order valence-electron chi connectivity index (χ4n) is 3.21. The van der Waals surface area contributed by atoms with Crippen LogP contribution in [0.4, 0.5) is 11.4 Å². The number of nitrogens with zero attached hydrogens (tertiary/aromatic N) is 2. The number of carboxylic acids is 1. The molecule has 2 saturated heterocycles. The fraction of sp³-hybridized carbons (Fsp3) is 0.227. The number of benzene rings is 2. The summed E-state index contributed by atoms with van der Waals surface area (Å²) in [7, 11) is 0. The Bertz CT molecular complexity index is 1000. The third kappa shape index (κ3) is 6.44. The van der Waals surface area contributed by atoms with Crippen LogP contribution in [0.25, 0.3) is 6.08 Å². The number of hydrogen-bond donors (Lipinski definition) is 1. The number of carbonyl (C=O) groups is 2. The molecule has 0 atom stereocenters. The predicted octanol–water partition coefficient (Wildman–Crippen LogP) is -1.29. The molecule has 2 aromatic rings. The maximum atomic E-state index is 12.3. The zero-order chi connectivity index (χ0) is 20.9. The van der Waals surface area contributed by atoms with E-state index in [9.17, 15) is 14.7 Å². The van der Waals surface area contributed by atoms with Gasteiger partial charge in [-0.05, 0) is 53.2 Å². The van der Waals surface area contributed by atoms with Crippen molar-refractivity contribution in [2.24, 2.45) is 4.99 Å². The van der Waals surface area contributed by atoms with Crippen LogP contribution < -0.4 is 44.9 Å². The van der Waals surface area contributed by atoms with E-state index in [4.69, 9.17) is 4.74 Å². The van der Waals surface area contributed by atoms with Crippen LogP contribution in [-0.2, 0) is 20.7 Å². The Kier molecular flexibility index (Phi) is 8.34. The molecule has 0 unspecified atom stereocenters. The Hall–Kier alpha value is -2.10. The van der Waals surface area contributed by atoms with Crippen LogP contribution in [0.1, 0.15) is 11.1 Å². The monoisotopic (exact) mass is 445 g/mol. The van der Waals surface area contributed by atoms with Gasteiger partial charge in [0.05, 0.1) is 23.8 Å². The summed E-state index contributed by atoms with van der Waals surface area (Å²) in [6.07, 6.45) is 1.70. The first-order valence-electron chi connectivity index (χ1n) is 9.58. The number of thioether (sulfide) groups is 1. The number of morpholine rings is 1. The van der Waals surface area contributed by atoms with E-state index in [2.05, 4.69) is 27.3 Å². The van der Waals surface area contributed by atoms with Crippen LogP contribution in [0.5, 0.6) is 0 Å². The molecule has 0 radical (unpaired) electrons. The van der Waals surface area contributed by atoms with Crippen LogP contribution in [0.15, 0.2) is 58.4 Å². The molecule has 31 heavy (non-hydrogen) atoms. The summed E-state index contributed by atoms with van der Waals surface area (Å²) in [5.74, 6) is -1.31. The summed E-state index contributed by atoms with van der Waals surface area (Å²) < 4.78 is 5.38. The molecule has 0 saturated carbocycles. The number of amidine groups is 1. The molecular weight excluding hydrogens is 425 g/mol. The number of aliphatic carboxylic acids is 1. The predicted molar refractivity (Wildman–Crippen MR) is 115 cm³/mol. The Balaban J connectivity index is 0.00000272. The number of rotatable bonds is 5. The molecular formula is C22H20N3NaO4S. The second kappa shape index (κ2) is 11.0. The largest absolute Gasteiger partial charge is 1.00 e. The van der Waals surface area contributed by atoms with Crippen molar-refractivity contribution in [3.05, 3.63) is 64.6 Å². The van der Waals surface area contributed by atoms with Gasteiger partial charge in [-0.3, -0.25) is 4.79 Å². The molecule has 2 aliphatic rings. The summed E-state index contributed by atoms with van der Waals surface area (Å²) >= 11 is 1.27. The second-order valence-corrected chi connectivity index (χ2v) is 7.92. The van der Waals surface area contributed by atoms with E-state index < -0.39 is 5.97 Å². The van der Waals surface area contributed by atoms with Gasteiger partial charge in [0.2, 0.25) is 0 Å². The summed E-state index contributed by atoms with van der Waals surface area (Å²) in [6.45, 7) is 3.24. The smallest absolute Gasteiger partial charge is 0.550 e. The molecule has 2 fully saturated rings. The normalized spacial score (nSPS) is 18.7. The summed E-state index contributed by atoms with van der Waals surface area (Å²) in [5.41, 5.74) is 3.37. The Labute approximate surface area is 206 Å². The van der Waals surface area contributed by atoms with Gasteiger partial charge in [-0.15, -0.1) is 0 Å². The molecule has 0 bridgehead atoms. The van der Waals surface area contributed by atoms with Crippen molar-refractivity contribution in [1.82, 2.24) is 5.32 Å². The maximum absolute atomic E-state index is 12.3. The van der Waals surface area contributed by atoms with E-state index in [1.165, 1.54) is 11.8 Å². The number of anilines is 1. The van der Waals surface area contributed by atoms with E-state index in [0.717, 1.165) is 37.6 Å². The summed E-state index contributed by atoms with van der Waals surface area (Å²) in [6, 6.07) is 14.9. The molecule has 0 aliphatic carbocycles. The van der Waals surface area contributed by atoms with Gasteiger partial charge in [0, 0.05) is 31.2 Å². The minimum absolute atomic E-state index is 0. The van der Waals surface area contributed by atoms with E-state index in [-0.39, 0.29) is 41.9 Å². The zero-order valence-electron chi connectivity index (χ0n) is 17.2. The topological polar surface area (TPSA) is 94.1 Å². The Morgan fingerprint density at radius 2 is 1.81 bits per heavy atom. The maximum Gasteiger partial charge on any atom is 1.00 e. The van der Waals surface area contributed by atoms with Crippen molar-refractivity contribution in [2.75, 3.05) is 31.2 Å². The molecule has 4 rings (SSSR count). The van der Waals surface area contributed by atoms with Gasteiger partial charge in [-0.1, -0.05) is 24.3 Å². The number of carboxylic acid groups (broad SMARTS) is 1. The van der Waals surface area contributed by atoms with Crippen molar-refractivity contribution in [2.45, 2.75) is 6.42 Å². The van der Waals surface area contributed by atoms with Gasteiger partial charge in [0.25, 0.3) is 5.91 Å². The average molecular weight is 445 g/mol. The SMILES string of the molecule is O=C([O-])Cc1ccc(N=C2NC(=O)C(=Cc3ccc(N4CCOCC4)cc3)S2)cc1.[Na+]. The van der Waals surface area contributed by atoms with Crippen molar-refractivity contribution >= 4 is 46.3 Å². The molecule has 2 aromatic carbocycles. The van der Waals surface area contributed by atoms with E-state index in [0.29, 0.717) is 21.3 Å². The van der Waals surface area contributed by atoms with Crippen LogP contribution in [-0.4, -0.2) is 43.3 Å². The molecule has 7 nitrogen and oxygen atoms in total. The molecule has 154 valence electrons. The van der Waals surface area contributed by atoms with Crippen LogP contribution in [0.3, 0.4) is 0 Å². The summed E-state index contributed by atoms with van der Waals surface area (Å²) in [4.78, 5) is 30.2. The zero-order valence-corrected chi connectivity index (χ0v) is 20.0. The van der Waals surface area contributed by atoms with Gasteiger partial charge in [0.15, 0.2) is 5.17 Å². The third-order valence-electron chi connectivity index (χ3n) is 4.73. The van der Waals surface area contributed by atoms with Crippen molar-refractivity contribution < 1.29 is 49.0 Å². The minimum atomic E-state index is -1.12. The average Bonchev–Trinajstić information content (AvgIpc) is 3.09. The number of amides is 1. The minimum Gasteiger partial charge on any atom is -0.550 e. The first-order chi connectivity index (χ1) is 14.6. The first kappa shape index (κ1) is 23.6. The van der Waals surface area contributed by atoms with E-state index in [1.807, 2.05) is 18.2 Å². The van der Waals surface area contributed by atoms with Gasteiger partial charge >= 0.3 is 29.6 Å². The standard InChI is InChI=1S/C22H21N3O4S.Na/c26-20(27)14-16-1-5-17(6-2-16)23-22-24-21(28)19(30-22)13-15-3-7-18(8-4-15)25-9-11-29-12-10-25;/h1-8,13H,9-12,14H2,(H,26,27)(H,23,24,28);/q;+1/p-1. The fourth-order valence-corrected chi connectivity index (χ4v) is 4.05.